The molecule has 0 radical (unpaired) electrons. The Morgan fingerprint density at radius 1 is 1.00 bits per heavy atom. The quantitative estimate of drug-likeness (QED) is 0.452. The molecule has 2 N–H and O–H groups in total. The minimum atomic E-state index is -4.05. The van der Waals surface area contributed by atoms with E-state index in [1.165, 1.54) is 24.3 Å². The summed E-state index contributed by atoms with van der Waals surface area (Å²) >= 11 is 3.42. The first-order valence-corrected chi connectivity index (χ1v) is 12.3. The molecule has 9 heteroatoms. The van der Waals surface area contributed by atoms with Gasteiger partial charge in [-0.3, -0.25) is 9.10 Å². The van der Waals surface area contributed by atoms with Crippen molar-refractivity contribution in [3.05, 3.63) is 93.5 Å². The third-order valence-electron chi connectivity index (χ3n) is 5.00. The molecule has 0 saturated carbocycles. The predicted octanol–water partition coefficient (Wildman–Crippen LogP) is 4.28. The zero-order chi connectivity index (χ0) is 24.2. The van der Waals surface area contributed by atoms with Gasteiger partial charge in [-0.1, -0.05) is 42.0 Å². The molecule has 3 aromatic rings. The molecule has 0 bridgehead atoms. The lowest BCUT2D eigenvalue weighted by Gasteiger charge is -2.26. The third kappa shape index (κ3) is 5.80. The van der Waals surface area contributed by atoms with E-state index in [4.69, 9.17) is 5.11 Å². The van der Waals surface area contributed by atoms with Gasteiger partial charge in [-0.15, -0.1) is 0 Å². The first-order chi connectivity index (χ1) is 15.6. The topological polar surface area (TPSA) is 104 Å². The second-order valence-electron chi connectivity index (χ2n) is 7.51. The van der Waals surface area contributed by atoms with Crippen LogP contribution < -0.4 is 9.62 Å². The van der Waals surface area contributed by atoms with E-state index in [1.807, 2.05) is 6.92 Å². The molecule has 0 spiro atoms. The summed E-state index contributed by atoms with van der Waals surface area (Å²) in [5, 5.41) is 11.8. The van der Waals surface area contributed by atoms with Crippen molar-refractivity contribution in [1.82, 2.24) is 5.32 Å². The number of carboxylic acid groups (broad SMARTS) is 1. The van der Waals surface area contributed by atoms with Crippen LogP contribution in [0, 0.1) is 13.8 Å². The largest absolute Gasteiger partial charge is 0.478 e. The van der Waals surface area contributed by atoms with Gasteiger partial charge < -0.3 is 10.4 Å². The minimum Gasteiger partial charge on any atom is -0.478 e. The van der Waals surface area contributed by atoms with E-state index in [0.717, 1.165) is 9.87 Å². The Labute approximate surface area is 201 Å². The molecule has 0 saturated heterocycles. The van der Waals surface area contributed by atoms with Crippen molar-refractivity contribution < 1.29 is 23.1 Å². The molecule has 7 nitrogen and oxygen atoms in total. The van der Waals surface area contributed by atoms with E-state index in [-0.39, 0.29) is 17.0 Å². The third-order valence-corrected chi connectivity index (χ3v) is 7.40. The van der Waals surface area contributed by atoms with Crippen LogP contribution in [0.3, 0.4) is 0 Å². The predicted molar refractivity (Wildman–Crippen MR) is 130 cm³/mol. The number of halogens is 1. The van der Waals surface area contributed by atoms with Crippen LogP contribution in [0.2, 0.25) is 0 Å². The van der Waals surface area contributed by atoms with Crippen molar-refractivity contribution in [2.24, 2.45) is 0 Å². The number of anilines is 1. The molecule has 0 atom stereocenters. The molecule has 0 aliphatic rings. The van der Waals surface area contributed by atoms with Crippen molar-refractivity contribution in [3.63, 3.8) is 0 Å². The Kier molecular flexibility index (Phi) is 7.55. The van der Waals surface area contributed by atoms with E-state index < -0.39 is 28.4 Å². The zero-order valence-corrected chi connectivity index (χ0v) is 20.5. The van der Waals surface area contributed by atoms with Gasteiger partial charge in [0.2, 0.25) is 5.91 Å². The van der Waals surface area contributed by atoms with Crippen LogP contribution in [-0.4, -0.2) is 31.9 Å². The molecule has 0 aliphatic carbocycles. The maximum absolute atomic E-state index is 13.5. The fraction of sp³-hybridized carbons (Fsp3) is 0.167. The van der Waals surface area contributed by atoms with Crippen LogP contribution in [0.15, 0.2) is 76.1 Å². The zero-order valence-electron chi connectivity index (χ0n) is 18.1. The van der Waals surface area contributed by atoms with Gasteiger partial charge in [0, 0.05) is 11.0 Å². The highest BCUT2D eigenvalue weighted by Crippen LogP contribution is 2.33. The van der Waals surface area contributed by atoms with Gasteiger partial charge in [-0.25, -0.2) is 13.2 Å². The number of carboxylic acids is 1. The molecule has 0 heterocycles. The number of carbonyl (C=O) groups is 2. The SMILES string of the molecule is Cc1ccc(S(=O)(=O)N(CC(=O)NCc2cccc(C(=O)O)c2)c2c(C)cccc2Br)cc1. The van der Waals surface area contributed by atoms with Gasteiger partial charge in [-0.2, -0.15) is 0 Å². The van der Waals surface area contributed by atoms with Crippen LogP contribution in [0.5, 0.6) is 0 Å². The number of sulfonamides is 1. The first kappa shape index (κ1) is 24.5. The highest BCUT2D eigenvalue weighted by molar-refractivity contribution is 9.10. The number of hydrogen-bond acceptors (Lipinski definition) is 4. The summed E-state index contributed by atoms with van der Waals surface area (Å²) < 4.78 is 28.7. The molecular formula is C24H23BrN2O5S. The van der Waals surface area contributed by atoms with E-state index in [9.17, 15) is 18.0 Å². The summed E-state index contributed by atoms with van der Waals surface area (Å²) in [5.74, 6) is -1.59. The van der Waals surface area contributed by atoms with Gasteiger partial charge in [0.15, 0.2) is 0 Å². The number of aromatic carboxylic acids is 1. The van der Waals surface area contributed by atoms with Crippen molar-refractivity contribution in [1.29, 1.82) is 0 Å². The van der Waals surface area contributed by atoms with Crippen LogP contribution >= 0.6 is 15.9 Å². The molecule has 3 rings (SSSR count). The van der Waals surface area contributed by atoms with Crippen LogP contribution in [0.1, 0.15) is 27.0 Å². The number of amides is 1. The number of benzene rings is 3. The molecule has 172 valence electrons. The average molecular weight is 531 g/mol. The normalized spacial score (nSPS) is 11.1. The highest BCUT2D eigenvalue weighted by atomic mass is 79.9. The lowest BCUT2D eigenvalue weighted by Crippen LogP contribution is -2.41. The van der Waals surface area contributed by atoms with Gasteiger partial charge in [0.1, 0.15) is 6.54 Å². The highest BCUT2D eigenvalue weighted by Gasteiger charge is 2.29. The van der Waals surface area contributed by atoms with Crippen molar-refractivity contribution >= 4 is 43.5 Å². The number of hydrogen-bond donors (Lipinski definition) is 2. The van der Waals surface area contributed by atoms with Crippen LogP contribution in [0.4, 0.5) is 5.69 Å². The second kappa shape index (κ2) is 10.2. The van der Waals surface area contributed by atoms with E-state index in [2.05, 4.69) is 21.2 Å². The summed E-state index contributed by atoms with van der Waals surface area (Å²) in [6.45, 7) is 3.25. The van der Waals surface area contributed by atoms with Crippen LogP contribution in [-0.2, 0) is 21.4 Å². The van der Waals surface area contributed by atoms with Crippen molar-refractivity contribution in [2.45, 2.75) is 25.3 Å². The number of carbonyl (C=O) groups excluding carboxylic acids is 1. The minimum absolute atomic E-state index is 0.0628. The Bertz CT molecular complexity index is 1270. The summed E-state index contributed by atoms with van der Waals surface area (Å²) in [4.78, 5) is 24.1. The first-order valence-electron chi connectivity index (χ1n) is 10.0. The lowest BCUT2D eigenvalue weighted by molar-refractivity contribution is -0.119. The van der Waals surface area contributed by atoms with E-state index >= 15 is 0 Å². The lowest BCUT2D eigenvalue weighted by atomic mass is 10.1. The summed E-state index contributed by atoms with van der Waals surface area (Å²) in [6.07, 6.45) is 0. The Balaban J connectivity index is 1.90. The molecule has 3 aromatic carbocycles. The van der Waals surface area contributed by atoms with Gasteiger partial charge in [0.25, 0.3) is 10.0 Å². The Hall–Kier alpha value is -3.17. The fourth-order valence-electron chi connectivity index (χ4n) is 3.26. The van der Waals surface area contributed by atoms with Crippen molar-refractivity contribution in [3.8, 4) is 0 Å². The van der Waals surface area contributed by atoms with Gasteiger partial charge >= 0.3 is 5.97 Å². The smallest absolute Gasteiger partial charge is 0.335 e. The number of rotatable bonds is 8. The van der Waals surface area contributed by atoms with E-state index in [1.54, 1.807) is 49.4 Å². The van der Waals surface area contributed by atoms with Gasteiger partial charge in [0.05, 0.1) is 16.1 Å². The maximum Gasteiger partial charge on any atom is 0.335 e. The maximum atomic E-state index is 13.5. The number of para-hydroxylation sites is 1. The Morgan fingerprint density at radius 3 is 2.30 bits per heavy atom. The van der Waals surface area contributed by atoms with Crippen molar-refractivity contribution in [2.75, 3.05) is 10.8 Å². The van der Waals surface area contributed by atoms with Gasteiger partial charge in [-0.05, 0) is 71.2 Å². The standard InChI is InChI=1S/C24H23BrN2O5S/c1-16-9-11-20(12-10-16)33(31,32)27(23-17(2)5-3-8-21(23)25)15-22(28)26-14-18-6-4-7-19(13-18)24(29)30/h3-13H,14-15H2,1-2H3,(H,26,28)(H,29,30). The average Bonchev–Trinajstić information content (AvgIpc) is 2.77. The fourth-order valence-corrected chi connectivity index (χ4v) is 5.56. The molecule has 33 heavy (non-hydrogen) atoms. The Morgan fingerprint density at radius 2 is 1.67 bits per heavy atom. The monoisotopic (exact) mass is 530 g/mol. The number of nitrogens with one attached hydrogen (secondary N) is 1. The molecule has 0 aromatic heterocycles. The molecular weight excluding hydrogens is 508 g/mol. The molecule has 0 unspecified atom stereocenters. The summed E-state index contributed by atoms with van der Waals surface area (Å²) in [5.41, 5.74) is 2.67. The second-order valence-corrected chi connectivity index (χ2v) is 10.2. The summed E-state index contributed by atoms with van der Waals surface area (Å²) in [7, 11) is -4.05. The van der Waals surface area contributed by atoms with Crippen LogP contribution in [0.25, 0.3) is 0 Å². The molecule has 0 fully saturated rings. The number of nitrogens with zero attached hydrogens (tertiary/aromatic N) is 1. The van der Waals surface area contributed by atoms with E-state index in [0.29, 0.717) is 21.3 Å². The summed E-state index contributed by atoms with van der Waals surface area (Å²) in [6, 6.07) is 17.9. The molecule has 1 amide bonds. The number of aryl methyl sites for hydroxylation is 2. The molecule has 0 aliphatic heterocycles.